The van der Waals surface area contributed by atoms with Gasteiger partial charge in [0.15, 0.2) is 17.5 Å². The van der Waals surface area contributed by atoms with Crippen LogP contribution in [0.3, 0.4) is 0 Å². The molecule has 0 fully saturated rings. The van der Waals surface area contributed by atoms with Gasteiger partial charge in [0, 0.05) is 12.7 Å². The van der Waals surface area contributed by atoms with Gasteiger partial charge in [0.1, 0.15) is 5.75 Å². The van der Waals surface area contributed by atoms with Crippen LogP contribution in [-0.2, 0) is 0 Å². The number of phenolic OH excluding ortho intramolecular Hbond substituents is 1. The number of hydrogen-bond acceptors (Lipinski definition) is 2. The van der Waals surface area contributed by atoms with Gasteiger partial charge in [-0.05, 0) is 36.4 Å². The van der Waals surface area contributed by atoms with E-state index in [1.807, 2.05) is 0 Å². The summed E-state index contributed by atoms with van der Waals surface area (Å²) in [6.45, 7) is 0. The van der Waals surface area contributed by atoms with Gasteiger partial charge >= 0.3 is 0 Å². The molecule has 20 heavy (non-hydrogen) atoms. The number of carbonyl (C=O) groups is 1. The SMILES string of the molecule is CN(C(=O)c1ccc(F)c(F)c1F)c1ccc(O)cc1. The lowest BCUT2D eigenvalue weighted by molar-refractivity contribution is 0.0988. The molecule has 0 heterocycles. The molecule has 2 rings (SSSR count). The molecule has 2 aromatic rings. The molecule has 2 aromatic carbocycles. The summed E-state index contributed by atoms with van der Waals surface area (Å²) in [6.07, 6.45) is 0. The van der Waals surface area contributed by atoms with Crippen molar-refractivity contribution in [2.24, 2.45) is 0 Å². The molecule has 1 amide bonds. The number of hydrogen-bond donors (Lipinski definition) is 1. The third-order valence-corrected chi connectivity index (χ3v) is 2.81. The van der Waals surface area contributed by atoms with E-state index in [0.717, 1.165) is 11.0 Å². The maximum atomic E-state index is 13.6. The monoisotopic (exact) mass is 281 g/mol. The lowest BCUT2D eigenvalue weighted by Gasteiger charge is -2.18. The largest absolute Gasteiger partial charge is 0.508 e. The summed E-state index contributed by atoms with van der Waals surface area (Å²) in [5.41, 5.74) is -0.198. The Kier molecular flexibility index (Phi) is 3.65. The van der Waals surface area contributed by atoms with Crippen LogP contribution < -0.4 is 4.90 Å². The molecule has 0 aliphatic carbocycles. The van der Waals surface area contributed by atoms with E-state index in [9.17, 15) is 18.0 Å². The van der Waals surface area contributed by atoms with Crippen LogP contribution >= 0.6 is 0 Å². The quantitative estimate of drug-likeness (QED) is 0.859. The second-order valence-electron chi connectivity index (χ2n) is 4.10. The summed E-state index contributed by atoms with van der Waals surface area (Å²) in [5, 5.41) is 9.15. The van der Waals surface area contributed by atoms with Gasteiger partial charge in [-0.2, -0.15) is 0 Å². The smallest absolute Gasteiger partial charge is 0.261 e. The second-order valence-corrected chi connectivity index (χ2v) is 4.10. The zero-order chi connectivity index (χ0) is 14.9. The Morgan fingerprint density at radius 3 is 2.20 bits per heavy atom. The van der Waals surface area contributed by atoms with Gasteiger partial charge in [-0.3, -0.25) is 4.79 Å². The summed E-state index contributed by atoms with van der Waals surface area (Å²) in [5.74, 6) is -5.39. The van der Waals surface area contributed by atoms with Crippen molar-refractivity contribution < 1.29 is 23.1 Å². The van der Waals surface area contributed by atoms with E-state index in [1.165, 1.54) is 31.3 Å². The lowest BCUT2D eigenvalue weighted by atomic mass is 10.1. The molecule has 0 radical (unpaired) electrons. The van der Waals surface area contributed by atoms with E-state index in [1.54, 1.807) is 0 Å². The van der Waals surface area contributed by atoms with Crippen molar-refractivity contribution in [1.82, 2.24) is 0 Å². The van der Waals surface area contributed by atoms with Crippen molar-refractivity contribution in [3.8, 4) is 5.75 Å². The Bertz CT molecular complexity index is 656. The van der Waals surface area contributed by atoms with Crippen LogP contribution in [0, 0.1) is 17.5 Å². The number of halogens is 3. The van der Waals surface area contributed by atoms with Crippen molar-refractivity contribution in [3.63, 3.8) is 0 Å². The fourth-order valence-corrected chi connectivity index (χ4v) is 1.67. The normalized spacial score (nSPS) is 10.4. The van der Waals surface area contributed by atoms with Gasteiger partial charge in [-0.15, -0.1) is 0 Å². The molecule has 0 saturated carbocycles. The summed E-state index contributed by atoms with van der Waals surface area (Å²) in [4.78, 5) is 13.1. The minimum atomic E-state index is -1.69. The van der Waals surface area contributed by atoms with Gasteiger partial charge in [-0.25, -0.2) is 13.2 Å². The van der Waals surface area contributed by atoms with Crippen molar-refractivity contribution in [3.05, 3.63) is 59.4 Å². The molecule has 0 aliphatic heterocycles. The van der Waals surface area contributed by atoms with E-state index in [4.69, 9.17) is 5.11 Å². The lowest BCUT2D eigenvalue weighted by Crippen LogP contribution is -2.27. The molecule has 0 spiro atoms. The number of nitrogens with zero attached hydrogens (tertiary/aromatic N) is 1. The van der Waals surface area contributed by atoms with Gasteiger partial charge in [0.05, 0.1) is 5.56 Å². The number of rotatable bonds is 2. The highest BCUT2D eigenvalue weighted by Gasteiger charge is 2.22. The molecular formula is C14H10F3NO2. The Balaban J connectivity index is 2.36. The van der Waals surface area contributed by atoms with Crippen LogP contribution in [0.4, 0.5) is 18.9 Å². The number of benzene rings is 2. The summed E-state index contributed by atoms with van der Waals surface area (Å²) in [7, 11) is 1.36. The Labute approximate surface area is 112 Å². The van der Waals surface area contributed by atoms with Crippen LogP contribution in [0.25, 0.3) is 0 Å². The number of amides is 1. The minimum absolute atomic E-state index is 0.00797. The molecule has 3 nitrogen and oxygen atoms in total. The standard InChI is InChI=1S/C14H10F3NO2/c1-18(8-2-4-9(19)5-3-8)14(20)10-6-7-11(15)13(17)12(10)16/h2-7,19H,1H3. The number of aromatic hydroxyl groups is 1. The van der Waals surface area contributed by atoms with Crippen LogP contribution in [0.2, 0.25) is 0 Å². The third-order valence-electron chi connectivity index (χ3n) is 2.81. The first-order valence-corrected chi connectivity index (χ1v) is 5.62. The van der Waals surface area contributed by atoms with Crippen LogP contribution in [-0.4, -0.2) is 18.1 Å². The van der Waals surface area contributed by atoms with Crippen molar-refractivity contribution in [2.45, 2.75) is 0 Å². The predicted octanol–water partition coefficient (Wildman–Crippen LogP) is 3.09. The first-order chi connectivity index (χ1) is 9.41. The maximum absolute atomic E-state index is 13.6. The maximum Gasteiger partial charge on any atom is 0.261 e. The number of anilines is 1. The van der Waals surface area contributed by atoms with E-state index in [2.05, 4.69) is 0 Å². The average Bonchev–Trinajstić information content (AvgIpc) is 2.44. The zero-order valence-electron chi connectivity index (χ0n) is 10.4. The highest BCUT2D eigenvalue weighted by molar-refractivity contribution is 6.05. The van der Waals surface area contributed by atoms with Crippen molar-refractivity contribution >= 4 is 11.6 Å². The summed E-state index contributed by atoms with van der Waals surface area (Å²) in [6, 6.07) is 7.14. The van der Waals surface area contributed by atoms with Gasteiger partial charge in [0.2, 0.25) is 0 Å². The van der Waals surface area contributed by atoms with E-state index in [-0.39, 0.29) is 5.75 Å². The second kappa shape index (κ2) is 5.24. The van der Waals surface area contributed by atoms with Crippen LogP contribution in [0.5, 0.6) is 5.75 Å². The molecule has 1 N–H and O–H groups in total. The number of carbonyl (C=O) groups excluding carboxylic acids is 1. The summed E-state index contributed by atoms with van der Waals surface area (Å²) < 4.78 is 39.5. The molecule has 0 unspecified atom stereocenters. The van der Waals surface area contributed by atoms with Crippen molar-refractivity contribution in [1.29, 1.82) is 0 Å². The number of phenols is 1. The van der Waals surface area contributed by atoms with Gasteiger partial charge < -0.3 is 10.0 Å². The van der Waals surface area contributed by atoms with Gasteiger partial charge in [0.25, 0.3) is 5.91 Å². The fourth-order valence-electron chi connectivity index (χ4n) is 1.67. The Morgan fingerprint density at radius 2 is 1.60 bits per heavy atom. The zero-order valence-corrected chi connectivity index (χ0v) is 10.4. The molecule has 0 atom stereocenters. The van der Waals surface area contributed by atoms with E-state index in [0.29, 0.717) is 11.8 Å². The molecule has 104 valence electrons. The molecule has 6 heteroatoms. The summed E-state index contributed by atoms with van der Waals surface area (Å²) >= 11 is 0. The Hall–Kier alpha value is -2.50. The predicted molar refractivity (Wildman–Crippen MR) is 67.2 cm³/mol. The van der Waals surface area contributed by atoms with Gasteiger partial charge in [-0.1, -0.05) is 0 Å². The fraction of sp³-hybridized carbons (Fsp3) is 0.0714. The first-order valence-electron chi connectivity index (χ1n) is 5.62. The minimum Gasteiger partial charge on any atom is -0.508 e. The molecule has 0 aliphatic rings. The highest BCUT2D eigenvalue weighted by atomic mass is 19.2. The molecule has 0 saturated heterocycles. The topological polar surface area (TPSA) is 40.5 Å². The van der Waals surface area contributed by atoms with Crippen LogP contribution in [0.1, 0.15) is 10.4 Å². The third kappa shape index (κ3) is 2.45. The average molecular weight is 281 g/mol. The molecule has 0 bridgehead atoms. The first kappa shape index (κ1) is 13.9. The Morgan fingerprint density at radius 1 is 1.00 bits per heavy atom. The van der Waals surface area contributed by atoms with Crippen LogP contribution in [0.15, 0.2) is 36.4 Å². The molecular weight excluding hydrogens is 271 g/mol. The van der Waals surface area contributed by atoms with Crippen molar-refractivity contribution in [2.75, 3.05) is 11.9 Å². The highest BCUT2D eigenvalue weighted by Crippen LogP contribution is 2.21. The van der Waals surface area contributed by atoms with E-state index >= 15 is 0 Å². The van der Waals surface area contributed by atoms with E-state index < -0.39 is 28.9 Å². The molecule has 0 aromatic heterocycles.